The summed E-state index contributed by atoms with van der Waals surface area (Å²) in [5.41, 5.74) is 1.30. The SMILES string of the molecule is CCOc1ccc(C(C)NC(C)Cc2ccc(C)s2)cc1. The number of rotatable bonds is 7. The van der Waals surface area contributed by atoms with Gasteiger partial charge in [0.05, 0.1) is 6.61 Å². The predicted octanol–water partition coefficient (Wildman–Crippen LogP) is 4.74. The molecule has 0 saturated carbocycles. The maximum absolute atomic E-state index is 5.48. The van der Waals surface area contributed by atoms with E-state index in [1.54, 1.807) is 0 Å². The van der Waals surface area contributed by atoms with E-state index in [0.29, 0.717) is 18.7 Å². The number of thiophene rings is 1. The van der Waals surface area contributed by atoms with Crippen LogP contribution in [0.2, 0.25) is 0 Å². The maximum Gasteiger partial charge on any atom is 0.119 e. The molecule has 0 radical (unpaired) electrons. The number of nitrogens with one attached hydrogen (secondary N) is 1. The molecule has 2 atom stereocenters. The van der Waals surface area contributed by atoms with E-state index in [9.17, 15) is 0 Å². The number of hydrogen-bond donors (Lipinski definition) is 1. The summed E-state index contributed by atoms with van der Waals surface area (Å²) in [5, 5.41) is 3.67. The summed E-state index contributed by atoms with van der Waals surface area (Å²) in [7, 11) is 0. The van der Waals surface area contributed by atoms with Crippen molar-refractivity contribution in [3.8, 4) is 5.75 Å². The molecule has 1 aromatic carbocycles. The van der Waals surface area contributed by atoms with E-state index in [2.05, 4.69) is 50.4 Å². The van der Waals surface area contributed by atoms with Crippen molar-refractivity contribution in [1.29, 1.82) is 0 Å². The van der Waals surface area contributed by atoms with E-state index in [-0.39, 0.29) is 0 Å². The Labute approximate surface area is 132 Å². The van der Waals surface area contributed by atoms with Gasteiger partial charge in [-0.3, -0.25) is 0 Å². The minimum atomic E-state index is 0.344. The molecule has 0 aliphatic rings. The van der Waals surface area contributed by atoms with Crippen molar-refractivity contribution < 1.29 is 4.74 Å². The molecule has 0 aliphatic heterocycles. The molecule has 1 heterocycles. The number of aryl methyl sites for hydroxylation is 1. The summed E-state index contributed by atoms with van der Waals surface area (Å²) >= 11 is 1.89. The average molecular weight is 303 g/mol. The zero-order valence-corrected chi connectivity index (χ0v) is 14.2. The first-order valence-electron chi connectivity index (χ1n) is 7.62. The van der Waals surface area contributed by atoms with Crippen LogP contribution in [0.4, 0.5) is 0 Å². The Hall–Kier alpha value is -1.32. The van der Waals surface area contributed by atoms with Gasteiger partial charge in [-0.15, -0.1) is 11.3 Å². The first-order valence-corrected chi connectivity index (χ1v) is 8.44. The van der Waals surface area contributed by atoms with E-state index in [1.807, 2.05) is 30.4 Å². The summed E-state index contributed by atoms with van der Waals surface area (Å²) in [6, 6.07) is 13.6. The summed E-state index contributed by atoms with van der Waals surface area (Å²) in [6.45, 7) is 9.34. The highest BCUT2D eigenvalue weighted by Crippen LogP contribution is 2.20. The van der Waals surface area contributed by atoms with Crippen molar-refractivity contribution in [2.45, 2.75) is 46.2 Å². The van der Waals surface area contributed by atoms with E-state index < -0.39 is 0 Å². The molecule has 2 nitrogen and oxygen atoms in total. The van der Waals surface area contributed by atoms with Gasteiger partial charge in [0.15, 0.2) is 0 Å². The van der Waals surface area contributed by atoms with Crippen LogP contribution in [0.25, 0.3) is 0 Å². The molecule has 2 unspecified atom stereocenters. The quantitative estimate of drug-likeness (QED) is 0.798. The highest BCUT2D eigenvalue weighted by molar-refractivity contribution is 7.11. The van der Waals surface area contributed by atoms with Gasteiger partial charge in [-0.1, -0.05) is 12.1 Å². The topological polar surface area (TPSA) is 21.3 Å². The van der Waals surface area contributed by atoms with Crippen LogP contribution < -0.4 is 10.1 Å². The Kier molecular flexibility index (Phi) is 5.83. The second-order valence-corrected chi connectivity index (χ2v) is 6.88. The van der Waals surface area contributed by atoms with Crippen molar-refractivity contribution in [3.05, 3.63) is 51.7 Å². The van der Waals surface area contributed by atoms with Crippen LogP contribution in [0.1, 0.15) is 42.1 Å². The van der Waals surface area contributed by atoms with Crippen LogP contribution in [-0.2, 0) is 6.42 Å². The molecule has 0 fully saturated rings. The van der Waals surface area contributed by atoms with Gasteiger partial charge in [0.1, 0.15) is 5.75 Å². The molecule has 0 amide bonds. The van der Waals surface area contributed by atoms with Crippen molar-refractivity contribution in [2.24, 2.45) is 0 Å². The molecule has 0 bridgehead atoms. The number of ether oxygens (including phenoxy) is 1. The van der Waals surface area contributed by atoms with E-state index in [4.69, 9.17) is 4.74 Å². The molecule has 2 aromatic rings. The van der Waals surface area contributed by atoms with Crippen LogP contribution in [0.5, 0.6) is 5.75 Å². The van der Waals surface area contributed by atoms with E-state index in [1.165, 1.54) is 15.3 Å². The Balaban J connectivity index is 1.89. The van der Waals surface area contributed by atoms with Gasteiger partial charge in [-0.2, -0.15) is 0 Å². The summed E-state index contributed by atoms with van der Waals surface area (Å²) in [6.07, 6.45) is 1.08. The van der Waals surface area contributed by atoms with Crippen molar-refractivity contribution in [3.63, 3.8) is 0 Å². The third kappa shape index (κ3) is 4.87. The molecular formula is C18H25NOS. The largest absolute Gasteiger partial charge is 0.494 e. The van der Waals surface area contributed by atoms with Gasteiger partial charge in [-0.05, 0) is 63.9 Å². The number of benzene rings is 1. The van der Waals surface area contributed by atoms with Gasteiger partial charge < -0.3 is 10.1 Å². The fraction of sp³-hybridized carbons (Fsp3) is 0.444. The Bertz CT molecular complexity index is 547. The lowest BCUT2D eigenvalue weighted by Gasteiger charge is -2.20. The molecule has 0 aliphatic carbocycles. The molecule has 0 spiro atoms. The second-order valence-electron chi connectivity index (χ2n) is 5.51. The summed E-state index contributed by atoms with van der Waals surface area (Å²) in [5.74, 6) is 0.940. The molecule has 1 aromatic heterocycles. The molecular weight excluding hydrogens is 278 g/mol. The lowest BCUT2D eigenvalue weighted by atomic mass is 10.1. The lowest BCUT2D eigenvalue weighted by Crippen LogP contribution is -2.30. The third-order valence-corrected chi connectivity index (χ3v) is 4.55. The number of hydrogen-bond acceptors (Lipinski definition) is 3. The first-order chi connectivity index (χ1) is 10.1. The second kappa shape index (κ2) is 7.62. The zero-order valence-electron chi connectivity index (χ0n) is 13.3. The van der Waals surface area contributed by atoms with E-state index >= 15 is 0 Å². The fourth-order valence-electron chi connectivity index (χ4n) is 2.50. The molecule has 2 rings (SSSR count). The zero-order chi connectivity index (χ0) is 15.2. The van der Waals surface area contributed by atoms with Crippen molar-refractivity contribution >= 4 is 11.3 Å². The maximum atomic E-state index is 5.48. The molecule has 1 N–H and O–H groups in total. The highest BCUT2D eigenvalue weighted by Gasteiger charge is 2.11. The van der Waals surface area contributed by atoms with Crippen LogP contribution in [-0.4, -0.2) is 12.6 Å². The molecule has 21 heavy (non-hydrogen) atoms. The van der Waals surface area contributed by atoms with Crippen LogP contribution in [0.3, 0.4) is 0 Å². The van der Waals surface area contributed by atoms with Crippen molar-refractivity contribution in [2.75, 3.05) is 6.61 Å². The van der Waals surface area contributed by atoms with Gasteiger partial charge >= 0.3 is 0 Å². The molecule has 0 saturated heterocycles. The minimum Gasteiger partial charge on any atom is -0.494 e. The Morgan fingerprint density at radius 1 is 1.10 bits per heavy atom. The summed E-state index contributed by atoms with van der Waals surface area (Å²) in [4.78, 5) is 2.84. The molecule has 114 valence electrons. The smallest absolute Gasteiger partial charge is 0.119 e. The van der Waals surface area contributed by atoms with Crippen LogP contribution in [0.15, 0.2) is 36.4 Å². The van der Waals surface area contributed by atoms with Gasteiger partial charge in [0.25, 0.3) is 0 Å². The first kappa shape index (κ1) is 16.1. The third-order valence-electron chi connectivity index (χ3n) is 3.53. The average Bonchev–Trinajstić information content (AvgIpc) is 2.85. The fourth-order valence-corrected chi connectivity index (χ4v) is 3.52. The monoisotopic (exact) mass is 303 g/mol. The van der Waals surface area contributed by atoms with Gasteiger partial charge in [0, 0.05) is 21.8 Å². The highest BCUT2D eigenvalue weighted by atomic mass is 32.1. The minimum absolute atomic E-state index is 0.344. The van der Waals surface area contributed by atoms with Gasteiger partial charge in [0.2, 0.25) is 0 Å². The normalized spacial score (nSPS) is 13.9. The van der Waals surface area contributed by atoms with Crippen LogP contribution in [0, 0.1) is 6.92 Å². The van der Waals surface area contributed by atoms with Gasteiger partial charge in [-0.25, -0.2) is 0 Å². The standard InChI is InChI=1S/C18H25NOS/c1-5-20-17-9-7-16(8-10-17)15(4)19-13(2)12-18-11-6-14(3)21-18/h6-11,13,15,19H,5,12H2,1-4H3. The predicted molar refractivity (Wildman–Crippen MR) is 91.4 cm³/mol. The Morgan fingerprint density at radius 2 is 1.81 bits per heavy atom. The molecule has 3 heteroatoms. The van der Waals surface area contributed by atoms with Crippen molar-refractivity contribution in [1.82, 2.24) is 5.32 Å². The van der Waals surface area contributed by atoms with E-state index in [0.717, 1.165) is 12.2 Å². The lowest BCUT2D eigenvalue weighted by molar-refractivity contribution is 0.340. The summed E-state index contributed by atoms with van der Waals surface area (Å²) < 4.78 is 5.48. The van der Waals surface area contributed by atoms with Crippen LogP contribution >= 0.6 is 11.3 Å². The Morgan fingerprint density at radius 3 is 2.38 bits per heavy atom.